The number of fused-ring (bicyclic) bond motifs is 1. The minimum absolute atomic E-state index is 0.133. The molecule has 1 aliphatic carbocycles. The molecule has 1 aromatic rings. The van der Waals surface area contributed by atoms with Gasteiger partial charge in [-0.3, -0.25) is 0 Å². The Morgan fingerprint density at radius 1 is 1.16 bits per heavy atom. The minimum Gasteiger partial charge on any atom is -0.490 e. The van der Waals surface area contributed by atoms with E-state index in [0.29, 0.717) is 13.2 Å². The number of aryl methyl sites for hydroxylation is 1. The zero-order chi connectivity index (χ0) is 13.8. The van der Waals surface area contributed by atoms with Gasteiger partial charge in [-0.15, -0.1) is 0 Å². The van der Waals surface area contributed by atoms with Crippen molar-refractivity contribution in [2.24, 2.45) is 5.73 Å². The maximum Gasteiger partial charge on any atom is 0.164 e. The molecule has 0 amide bonds. The molecule has 0 heterocycles. The van der Waals surface area contributed by atoms with E-state index in [9.17, 15) is 0 Å². The Morgan fingerprint density at radius 3 is 2.47 bits per heavy atom. The van der Waals surface area contributed by atoms with Crippen molar-refractivity contribution in [2.75, 3.05) is 13.2 Å². The lowest BCUT2D eigenvalue weighted by atomic mass is 9.99. The fourth-order valence-corrected chi connectivity index (χ4v) is 2.84. The van der Waals surface area contributed by atoms with Gasteiger partial charge in [-0.1, -0.05) is 6.07 Å². The Kier molecular flexibility index (Phi) is 4.70. The lowest BCUT2D eigenvalue weighted by Gasteiger charge is -2.20. The Bertz CT molecular complexity index is 441. The summed E-state index contributed by atoms with van der Waals surface area (Å²) >= 11 is 0. The summed E-state index contributed by atoms with van der Waals surface area (Å²) < 4.78 is 11.8. The molecule has 0 saturated heterocycles. The van der Waals surface area contributed by atoms with Crippen LogP contribution in [0.4, 0.5) is 0 Å². The first-order valence-corrected chi connectivity index (χ1v) is 7.36. The summed E-state index contributed by atoms with van der Waals surface area (Å²) in [4.78, 5) is 0. The average Bonchev–Trinajstić information content (AvgIpc) is 2.80. The van der Waals surface area contributed by atoms with E-state index in [1.807, 2.05) is 20.8 Å². The molecule has 0 bridgehead atoms. The van der Waals surface area contributed by atoms with Gasteiger partial charge in [0.2, 0.25) is 0 Å². The molecule has 1 aromatic carbocycles. The van der Waals surface area contributed by atoms with Gasteiger partial charge < -0.3 is 15.2 Å². The number of hydrogen-bond acceptors (Lipinski definition) is 3. The summed E-state index contributed by atoms with van der Waals surface area (Å²) in [6.45, 7) is 7.40. The number of nitrogens with two attached hydrogens (primary N) is 1. The van der Waals surface area contributed by atoms with E-state index < -0.39 is 0 Å². The summed E-state index contributed by atoms with van der Waals surface area (Å²) in [7, 11) is 0. The van der Waals surface area contributed by atoms with E-state index in [4.69, 9.17) is 15.2 Å². The van der Waals surface area contributed by atoms with Crippen LogP contribution in [-0.2, 0) is 19.3 Å². The van der Waals surface area contributed by atoms with Crippen LogP contribution in [0.15, 0.2) is 6.07 Å². The smallest absolute Gasteiger partial charge is 0.164 e. The van der Waals surface area contributed by atoms with Crippen molar-refractivity contribution < 1.29 is 9.47 Å². The SMILES string of the molecule is CCOc1c(CC(C)N)cc2c(c1OCC)CCC2. The van der Waals surface area contributed by atoms with Gasteiger partial charge in [0, 0.05) is 11.6 Å². The molecule has 3 nitrogen and oxygen atoms in total. The van der Waals surface area contributed by atoms with Crippen molar-refractivity contribution in [2.45, 2.75) is 52.5 Å². The minimum atomic E-state index is 0.133. The van der Waals surface area contributed by atoms with E-state index in [-0.39, 0.29) is 6.04 Å². The van der Waals surface area contributed by atoms with Crippen LogP contribution in [0.25, 0.3) is 0 Å². The maximum atomic E-state index is 5.96. The molecule has 106 valence electrons. The zero-order valence-corrected chi connectivity index (χ0v) is 12.3. The van der Waals surface area contributed by atoms with E-state index in [1.54, 1.807) is 0 Å². The van der Waals surface area contributed by atoms with Crippen molar-refractivity contribution in [3.8, 4) is 11.5 Å². The van der Waals surface area contributed by atoms with Crippen molar-refractivity contribution in [3.63, 3.8) is 0 Å². The second kappa shape index (κ2) is 6.29. The Labute approximate surface area is 116 Å². The monoisotopic (exact) mass is 263 g/mol. The molecule has 0 aromatic heterocycles. The maximum absolute atomic E-state index is 5.96. The Morgan fingerprint density at radius 2 is 1.84 bits per heavy atom. The molecule has 1 unspecified atom stereocenters. The van der Waals surface area contributed by atoms with E-state index in [0.717, 1.165) is 30.8 Å². The third-order valence-electron chi connectivity index (χ3n) is 3.50. The van der Waals surface area contributed by atoms with Crippen LogP contribution in [0, 0.1) is 0 Å². The molecule has 0 aliphatic heterocycles. The Hall–Kier alpha value is -1.22. The molecule has 1 atom stereocenters. The largest absolute Gasteiger partial charge is 0.490 e. The van der Waals surface area contributed by atoms with Crippen molar-refractivity contribution in [1.29, 1.82) is 0 Å². The summed E-state index contributed by atoms with van der Waals surface area (Å²) in [6.07, 6.45) is 4.29. The van der Waals surface area contributed by atoms with Gasteiger partial charge in [0.05, 0.1) is 13.2 Å². The van der Waals surface area contributed by atoms with Crippen LogP contribution in [-0.4, -0.2) is 19.3 Å². The zero-order valence-electron chi connectivity index (χ0n) is 12.3. The second-order valence-electron chi connectivity index (χ2n) is 5.23. The lowest BCUT2D eigenvalue weighted by molar-refractivity contribution is 0.283. The molecule has 0 spiro atoms. The topological polar surface area (TPSA) is 44.5 Å². The van der Waals surface area contributed by atoms with Crippen molar-refractivity contribution >= 4 is 0 Å². The van der Waals surface area contributed by atoms with Crippen molar-refractivity contribution in [3.05, 3.63) is 22.8 Å². The first-order chi connectivity index (χ1) is 9.17. The van der Waals surface area contributed by atoms with E-state index in [2.05, 4.69) is 6.07 Å². The normalized spacial score (nSPS) is 15.2. The molecule has 0 fully saturated rings. The molecule has 3 heteroatoms. The molecular weight excluding hydrogens is 238 g/mol. The summed E-state index contributed by atoms with van der Waals surface area (Å²) in [5, 5.41) is 0. The molecule has 2 N–H and O–H groups in total. The predicted molar refractivity (Wildman–Crippen MR) is 78.2 cm³/mol. The highest BCUT2D eigenvalue weighted by Crippen LogP contribution is 2.42. The highest BCUT2D eigenvalue weighted by Gasteiger charge is 2.23. The van der Waals surface area contributed by atoms with Crippen LogP contribution in [0.3, 0.4) is 0 Å². The highest BCUT2D eigenvalue weighted by molar-refractivity contribution is 5.57. The molecule has 0 saturated carbocycles. The van der Waals surface area contributed by atoms with Crippen LogP contribution < -0.4 is 15.2 Å². The van der Waals surface area contributed by atoms with Gasteiger partial charge in [0.1, 0.15) is 0 Å². The molecule has 2 rings (SSSR count). The van der Waals surface area contributed by atoms with E-state index in [1.165, 1.54) is 23.1 Å². The fourth-order valence-electron chi connectivity index (χ4n) is 2.84. The van der Waals surface area contributed by atoms with Crippen LogP contribution >= 0.6 is 0 Å². The highest BCUT2D eigenvalue weighted by atomic mass is 16.5. The standard InChI is InChI=1S/C16H25NO2/c1-4-18-15-13(9-11(3)17)10-12-7-6-8-14(12)16(15)19-5-2/h10-11H,4-9,17H2,1-3H3. The predicted octanol–water partition coefficient (Wildman–Crippen LogP) is 2.86. The number of ether oxygens (including phenoxy) is 2. The first kappa shape index (κ1) is 14.2. The average molecular weight is 263 g/mol. The quantitative estimate of drug-likeness (QED) is 0.858. The van der Waals surface area contributed by atoms with Gasteiger partial charge in [0.25, 0.3) is 0 Å². The number of rotatable bonds is 6. The van der Waals surface area contributed by atoms with E-state index >= 15 is 0 Å². The summed E-state index contributed by atoms with van der Waals surface area (Å²) in [6, 6.07) is 2.41. The number of hydrogen-bond donors (Lipinski definition) is 1. The summed E-state index contributed by atoms with van der Waals surface area (Å²) in [5.74, 6) is 1.89. The van der Waals surface area contributed by atoms with Gasteiger partial charge in [-0.2, -0.15) is 0 Å². The lowest BCUT2D eigenvalue weighted by Crippen LogP contribution is -2.19. The third kappa shape index (κ3) is 3.03. The van der Waals surface area contributed by atoms with Crippen LogP contribution in [0.2, 0.25) is 0 Å². The van der Waals surface area contributed by atoms with Crippen LogP contribution in [0.1, 0.15) is 43.9 Å². The first-order valence-electron chi connectivity index (χ1n) is 7.36. The Balaban J connectivity index is 2.49. The third-order valence-corrected chi connectivity index (χ3v) is 3.50. The van der Waals surface area contributed by atoms with Gasteiger partial charge in [0.15, 0.2) is 11.5 Å². The molecular formula is C16H25NO2. The van der Waals surface area contributed by atoms with Gasteiger partial charge >= 0.3 is 0 Å². The molecule has 19 heavy (non-hydrogen) atoms. The number of benzene rings is 1. The van der Waals surface area contributed by atoms with Gasteiger partial charge in [-0.25, -0.2) is 0 Å². The van der Waals surface area contributed by atoms with Crippen LogP contribution in [0.5, 0.6) is 11.5 Å². The molecule has 1 aliphatic rings. The van der Waals surface area contributed by atoms with Gasteiger partial charge in [-0.05, 0) is 57.6 Å². The fraction of sp³-hybridized carbons (Fsp3) is 0.625. The summed E-state index contributed by atoms with van der Waals surface area (Å²) in [5.41, 5.74) is 9.92. The second-order valence-corrected chi connectivity index (χ2v) is 5.23. The van der Waals surface area contributed by atoms with Crippen molar-refractivity contribution in [1.82, 2.24) is 0 Å². The molecule has 0 radical (unpaired) electrons.